The number of fused-ring (bicyclic) bond motifs is 12. The molecule has 0 amide bonds. The highest BCUT2D eigenvalue weighted by atomic mass is 16.5. The monoisotopic (exact) mass is 881 g/mol. The van der Waals surface area contributed by atoms with Crippen molar-refractivity contribution in [1.82, 2.24) is 15.0 Å². The smallest absolute Gasteiger partial charge is 0.164 e. The number of rotatable bonds is 6. The molecule has 0 saturated carbocycles. The lowest BCUT2D eigenvalue weighted by molar-refractivity contribution is 0.436. The number of aromatic nitrogens is 3. The van der Waals surface area contributed by atoms with Gasteiger partial charge in [-0.2, -0.15) is 0 Å². The topological polar surface area (TPSA) is 61.0 Å². The minimum Gasteiger partial charge on any atom is -0.457 e. The van der Waals surface area contributed by atoms with Crippen molar-refractivity contribution >= 4 is 21.9 Å². The lowest BCUT2D eigenvalue weighted by atomic mass is 9.66. The van der Waals surface area contributed by atoms with Crippen LogP contribution >= 0.6 is 0 Å². The largest absolute Gasteiger partial charge is 0.457 e. The Morgan fingerprint density at radius 3 is 1.32 bits per heavy atom. The van der Waals surface area contributed by atoms with Crippen LogP contribution in [0.25, 0.3) is 101 Å². The first kappa shape index (κ1) is 39.0. The molecule has 322 valence electrons. The van der Waals surface area contributed by atoms with Crippen LogP contribution in [0.5, 0.6) is 11.5 Å². The van der Waals surface area contributed by atoms with Crippen molar-refractivity contribution in [3.63, 3.8) is 0 Å². The fourth-order valence-electron chi connectivity index (χ4n) is 10.8. The van der Waals surface area contributed by atoms with Gasteiger partial charge < -0.3 is 9.15 Å². The molecular weight excluding hydrogens is 843 g/mol. The molecule has 1 spiro atoms. The van der Waals surface area contributed by atoms with Gasteiger partial charge in [0.2, 0.25) is 0 Å². The van der Waals surface area contributed by atoms with Crippen LogP contribution in [0.15, 0.2) is 241 Å². The lowest BCUT2D eigenvalue weighted by Crippen LogP contribution is -2.32. The molecule has 0 atom stereocenters. The third kappa shape index (κ3) is 6.21. The summed E-state index contributed by atoms with van der Waals surface area (Å²) in [7, 11) is 0. The Labute approximate surface area is 398 Å². The zero-order chi connectivity index (χ0) is 45.5. The van der Waals surface area contributed by atoms with Crippen LogP contribution in [-0.4, -0.2) is 15.0 Å². The van der Waals surface area contributed by atoms with E-state index in [1.54, 1.807) is 0 Å². The van der Waals surface area contributed by atoms with Gasteiger partial charge >= 0.3 is 0 Å². The first-order chi connectivity index (χ1) is 34.2. The third-order valence-electron chi connectivity index (χ3n) is 14.0. The molecule has 2 aliphatic rings. The van der Waals surface area contributed by atoms with E-state index in [9.17, 15) is 0 Å². The summed E-state index contributed by atoms with van der Waals surface area (Å²) in [6.07, 6.45) is 0. The molecule has 10 aromatic carbocycles. The van der Waals surface area contributed by atoms with E-state index in [0.717, 1.165) is 83.5 Å². The van der Waals surface area contributed by atoms with Crippen LogP contribution < -0.4 is 4.74 Å². The normalized spacial score (nSPS) is 12.9. The quantitative estimate of drug-likeness (QED) is 0.166. The standard InChI is InChI=1S/C64H39N3O2/c1-4-16-40(17-5-1)46-34-47(41-18-6-2-7-19-41)36-48(35-46)43-28-31-53-50(37-43)51-38-44(29-32-54(51)64(53)55-23-11-14-26-59(55)69-60-27-15-12-24-56(60)64)62-65-61(42-20-8-3-9-21-42)66-63(67-62)45-30-33-58-52(39-45)49-22-10-13-25-57(49)68-58/h1-39H. The molecule has 14 rings (SSSR count). The molecule has 3 heterocycles. The van der Waals surface area contributed by atoms with Gasteiger partial charge in [-0.25, -0.2) is 15.0 Å². The van der Waals surface area contributed by atoms with Gasteiger partial charge in [0.05, 0.1) is 5.41 Å². The summed E-state index contributed by atoms with van der Waals surface area (Å²) < 4.78 is 12.9. The highest BCUT2D eigenvalue weighted by Gasteiger charge is 2.51. The van der Waals surface area contributed by atoms with Crippen LogP contribution in [0.4, 0.5) is 0 Å². The average Bonchev–Trinajstić information content (AvgIpc) is 3.94. The van der Waals surface area contributed by atoms with Gasteiger partial charge in [0, 0.05) is 38.6 Å². The number of benzene rings is 10. The fourth-order valence-corrected chi connectivity index (χ4v) is 10.8. The van der Waals surface area contributed by atoms with Gasteiger partial charge in [0.1, 0.15) is 22.7 Å². The minimum absolute atomic E-state index is 0.588. The summed E-state index contributed by atoms with van der Waals surface area (Å²) in [5, 5.41) is 2.07. The summed E-state index contributed by atoms with van der Waals surface area (Å²) >= 11 is 0. The Balaban J connectivity index is 1.00. The lowest BCUT2D eigenvalue weighted by Gasteiger charge is -2.39. The number of ether oxygens (including phenoxy) is 1. The second-order valence-corrected chi connectivity index (χ2v) is 17.9. The first-order valence-corrected chi connectivity index (χ1v) is 23.3. The number of hydrogen-bond donors (Lipinski definition) is 0. The fraction of sp³-hybridized carbons (Fsp3) is 0.0156. The van der Waals surface area contributed by atoms with Crippen molar-refractivity contribution in [3.05, 3.63) is 259 Å². The van der Waals surface area contributed by atoms with E-state index in [4.69, 9.17) is 24.1 Å². The van der Waals surface area contributed by atoms with E-state index < -0.39 is 5.41 Å². The predicted molar refractivity (Wildman–Crippen MR) is 277 cm³/mol. The molecule has 0 fully saturated rings. The van der Waals surface area contributed by atoms with Gasteiger partial charge in [-0.05, 0) is 122 Å². The van der Waals surface area contributed by atoms with E-state index in [1.165, 1.54) is 33.4 Å². The molecule has 12 aromatic rings. The van der Waals surface area contributed by atoms with Gasteiger partial charge in [-0.1, -0.05) is 170 Å². The Morgan fingerprint density at radius 2 is 0.710 bits per heavy atom. The molecule has 69 heavy (non-hydrogen) atoms. The highest BCUT2D eigenvalue weighted by molar-refractivity contribution is 6.06. The molecule has 0 radical (unpaired) electrons. The molecular formula is C64H39N3O2. The van der Waals surface area contributed by atoms with Crippen molar-refractivity contribution in [2.75, 3.05) is 0 Å². The molecule has 0 saturated heterocycles. The zero-order valence-electron chi connectivity index (χ0n) is 37.2. The molecule has 0 unspecified atom stereocenters. The Morgan fingerprint density at radius 1 is 0.275 bits per heavy atom. The van der Waals surface area contributed by atoms with Crippen LogP contribution in [-0.2, 0) is 5.41 Å². The summed E-state index contributed by atoms with van der Waals surface area (Å²) in [4.78, 5) is 15.7. The van der Waals surface area contributed by atoms with Crippen LogP contribution in [0, 0.1) is 0 Å². The second-order valence-electron chi connectivity index (χ2n) is 17.9. The SMILES string of the molecule is c1ccc(-c2cc(-c3ccccc3)cc(-c3ccc4c(c3)-c3cc(-c5nc(-c6ccccc6)nc(-c6ccc7oc8ccccc8c7c6)n5)ccc3C43c4ccccc4Oc4ccccc43)c2)cc1. The van der Waals surface area contributed by atoms with Crippen molar-refractivity contribution in [1.29, 1.82) is 0 Å². The summed E-state index contributed by atoms with van der Waals surface area (Å²) in [5.41, 5.74) is 17.5. The summed E-state index contributed by atoms with van der Waals surface area (Å²) in [6, 6.07) is 83.6. The molecule has 5 heteroatoms. The average molecular weight is 882 g/mol. The number of nitrogens with zero attached hydrogens (tertiary/aromatic N) is 3. The van der Waals surface area contributed by atoms with Crippen molar-refractivity contribution in [2.45, 2.75) is 5.41 Å². The van der Waals surface area contributed by atoms with E-state index in [2.05, 4.69) is 188 Å². The molecule has 0 bridgehead atoms. The van der Waals surface area contributed by atoms with Crippen molar-refractivity contribution < 1.29 is 9.15 Å². The molecule has 1 aliphatic heterocycles. The Kier molecular flexibility index (Phi) is 8.73. The van der Waals surface area contributed by atoms with Crippen LogP contribution in [0.1, 0.15) is 22.3 Å². The Bertz CT molecular complexity index is 3890. The van der Waals surface area contributed by atoms with Gasteiger partial charge in [-0.3, -0.25) is 0 Å². The maximum atomic E-state index is 6.71. The minimum atomic E-state index is -0.656. The predicted octanol–water partition coefficient (Wildman–Crippen LogP) is 16.2. The molecule has 1 aliphatic carbocycles. The summed E-state index contributed by atoms with van der Waals surface area (Å²) in [6.45, 7) is 0. The first-order valence-electron chi connectivity index (χ1n) is 23.3. The number of hydrogen-bond acceptors (Lipinski definition) is 5. The Hall–Kier alpha value is -9.19. The second kappa shape index (κ2) is 15.4. The van der Waals surface area contributed by atoms with E-state index in [1.807, 2.05) is 48.5 Å². The van der Waals surface area contributed by atoms with Gasteiger partial charge in [0.15, 0.2) is 17.5 Å². The van der Waals surface area contributed by atoms with Crippen molar-refractivity contribution in [3.8, 4) is 90.2 Å². The third-order valence-corrected chi connectivity index (χ3v) is 14.0. The van der Waals surface area contributed by atoms with E-state index in [-0.39, 0.29) is 0 Å². The van der Waals surface area contributed by atoms with Crippen molar-refractivity contribution in [2.24, 2.45) is 0 Å². The van der Waals surface area contributed by atoms with E-state index in [0.29, 0.717) is 17.5 Å². The highest BCUT2D eigenvalue weighted by Crippen LogP contribution is 2.62. The molecule has 5 nitrogen and oxygen atoms in total. The molecule has 2 aromatic heterocycles. The van der Waals surface area contributed by atoms with Gasteiger partial charge in [-0.15, -0.1) is 0 Å². The zero-order valence-corrected chi connectivity index (χ0v) is 37.2. The number of para-hydroxylation sites is 3. The summed E-state index contributed by atoms with van der Waals surface area (Å²) in [5.74, 6) is 3.48. The number of furan rings is 1. The molecule has 0 N–H and O–H groups in total. The van der Waals surface area contributed by atoms with E-state index >= 15 is 0 Å². The maximum absolute atomic E-state index is 6.71. The maximum Gasteiger partial charge on any atom is 0.164 e. The van der Waals surface area contributed by atoms with Crippen LogP contribution in [0.2, 0.25) is 0 Å². The van der Waals surface area contributed by atoms with Gasteiger partial charge in [0.25, 0.3) is 0 Å². The van der Waals surface area contributed by atoms with Crippen LogP contribution in [0.3, 0.4) is 0 Å².